The van der Waals surface area contributed by atoms with Crippen LogP contribution in [0.3, 0.4) is 0 Å². The minimum atomic E-state index is -3.13. The molecule has 1 aromatic heterocycles. The Morgan fingerprint density at radius 3 is 2.29 bits per heavy atom. The average Bonchev–Trinajstić information content (AvgIpc) is 2.66. The summed E-state index contributed by atoms with van der Waals surface area (Å²) in [6, 6.07) is 1.09. The first kappa shape index (κ1) is 17.7. The molecular weight excluding hydrogens is 311 g/mol. The Labute approximate surface area is 117 Å². The van der Waals surface area contributed by atoms with Crippen LogP contribution in [0.15, 0.2) is 21.9 Å². The zero-order valence-corrected chi connectivity index (χ0v) is 11.5. The number of ether oxygens (including phenoxy) is 1. The third-order valence-electron chi connectivity index (χ3n) is 2.64. The van der Waals surface area contributed by atoms with Gasteiger partial charge in [-0.05, 0) is 0 Å². The maximum atomic E-state index is 11.4. The van der Waals surface area contributed by atoms with Crippen molar-refractivity contribution in [3.63, 3.8) is 0 Å². The van der Waals surface area contributed by atoms with Gasteiger partial charge in [0.05, 0.1) is 6.61 Å². The highest BCUT2D eigenvalue weighted by molar-refractivity contribution is 7.30. The number of hydrogen-bond donors (Lipinski definition) is 6. The van der Waals surface area contributed by atoms with E-state index in [1.807, 2.05) is 4.98 Å². The fraction of sp³-hybridized carbons (Fsp3) is 0.556. The van der Waals surface area contributed by atoms with Gasteiger partial charge in [-0.3, -0.25) is 18.9 Å². The van der Waals surface area contributed by atoms with E-state index >= 15 is 0 Å². The number of aliphatic hydroxyl groups excluding tert-OH is 3. The molecule has 120 valence electrons. The molecule has 0 amide bonds. The lowest BCUT2D eigenvalue weighted by molar-refractivity contribution is -0.0550. The van der Waals surface area contributed by atoms with Gasteiger partial charge >= 0.3 is 13.9 Å². The topological polar surface area (TPSA) is 182 Å². The van der Waals surface area contributed by atoms with Gasteiger partial charge in [-0.15, -0.1) is 0 Å². The van der Waals surface area contributed by atoms with Crippen molar-refractivity contribution in [3.8, 4) is 0 Å². The van der Waals surface area contributed by atoms with Gasteiger partial charge in [-0.2, -0.15) is 0 Å². The second-order valence-electron chi connectivity index (χ2n) is 4.03. The molecule has 1 aliphatic rings. The lowest BCUT2D eigenvalue weighted by atomic mass is 10.1. The first-order valence-corrected chi connectivity index (χ1v) is 6.94. The van der Waals surface area contributed by atoms with E-state index in [1.54, 1.807) is 0 Å². The van der Waals surface area contributed by atoms with Crippen molar-refractivity contribution in [2.75, 3.05) is 6.61 Å². The molecule has 12 heteroatoms. The molecule has 0 saturated carbocycles. The van der Waals surface area contributed by atoms with Gasteiger partial charge in [0.15, 0.2) is 6.23 Å². The van der Waals surface area contributed by atoms with Crippen LogP contribution >= 0.6 is 8.25 Å². The molecule has 2 heterocycles. The lowest BCUT2D eigenvalue weighted by Gasteiger charge is -2.16. The quantitative estimate of drug-likeness (QED) is 0.300. The van der Waals surface area contributed by atoms with Crippen LogP contribution in [0.4, 0.5) is 0 Å². The molecule has 1 aromatic rings. The third-order valence-corrected chi connectivity index (χ3v) is 2.64. The van der Waals surface area contributed by atoms with Crippen molar-refractivity contribution in [2.24, 2.45) is 0 Å². The van der Waals surface area contributed by atoms with Crippen LogP contribution < -0.4 is 11.2 Å². The molecule has 0 aliphatic carbocycles. The molecule has 21 heavy (non-hydrogen) atoms. The van der Waals surface area contributed by atoms with Gasteiger partial charge in [-0.25, -0.2) is 4.79 Å². The van der Waals surface area contributed by atoms with Crippen LogP contribution in [0.1, 0.15) is 6.23 Å². The number of rotatable bonds is 2. The van der Waals surface area contributed by atoms with Gasteiger partial charge in [0.1, 0.15) is 18.3 Å². The van der Waals surface area contributed by atoms with Crippen LogP contribution in [0.2, 0.25) is 0 Å². The molecule has 11 nitrogen and oxygen atoms in total. The Morgan fingerprint density at radius 2 is 1.86 bits per heavy atom. The van der Waals surface area contributed by atoms with E-state index < -0.39 is 50.7 Å². The van der Waals surface area contributed by atoms with Gasteiger partial charge in [0.25, 0.3) is 5.56 Å². The van der Waals surface area contributed by atoms with Crippen LogP contribution in [0, 0.1) is 0 Å². The van der Waals surface area contributed by atoms with Crippen LogP contribution in [0.5, 0.6) is 0 Å². The lowest BCUT2D eigenvalue weighted by Crippen LogP contribution is -2.37. The van der Waals surface area contributed by atoms with E-state index in [9.17, 15) is 19.8 Å². The Bertz CT molecular complexity index is 595. The molecule has 0 spiro atoms. The zero-order valence-electron chi connectivity index (χ0n) is 10.5. The smallest absolute Gasteiger partial charge is 0.330 e. The molecule has 2 rings (SSSR count). The molecule has 1 fully saturated rings. The first-order valence-electron chi connectivity index (χ1n) is 5.63. The number of aromatic nitrogens is 2. The highest BCUT2D eigenvalue weighted by Crippen LogP contribution is 2.27. The molecule has 6 N–H and O–H groups in total. The normalized spacial score (nSPS) is 28.3. The third kappa shape index (κ3) is 4.58. The van der Waals surface area contributed by atoms with E-state index in [-0.39, 0.29) is 0 Å². The second-order valence-corrected chi connectivity index (χ2v) is 4.59. The Balaban J connectivity index is 0.000000491. The molecule has 0 aromatic carbocycles. The molecular formula is C9H15N2O9P. The van der Waals surface area contributed by atoms with Gasteiger partial charge in [0.2, 0.25) is 0 Å². The molecule has 4 atom stereocenters. The van der Waals surface area contributed by atoms with E-state index in [0.717, 1.165) is 16.8 Å². The minimum Gasteiger partial charge on any atom is -0.394 e. The summed E-state index contributed by atoms with van der Waals surface area (Å²) in [5.74, 6) is 0. The fourth-order valence-corrected chi connectivity index (χ4v) is 1.74. The van der Waals surface area contributed by atoms with Crippen molar-refractivity contribution < 1.29 is 34.4 Å². The molecule has 1 aliphatic heterocycles. The predicted octanol–water partition coefficient (Wildman–Crippen LogP) is -3.49. The monoisotopic (exact) mass is 326 g/mol. The minimum absolute atomic E-state index is 0.479. The maximum absolute atomic E-state index is 11.4. The largest absolute Gasteiger partial charge is 0.394 e. The number of nitrogens with zero attached hydrogens (tertiary/aromatic N) is 1. The zero-order chi connectivity index (χ0) is 16.2. The van der Waals surface area contributed by atoms with Crippen molar-refractivity contribution in [3.05, 3.63) is 33.1 Å². The van der Waals surface area contributed by atoms with Gasteiger partial charge in [-0.1, -0.05) is 0 Å². The first-order chi connectivity index (χ1) is 9.77. The SMILES string of the molecule is O=[PH](O)O.O=c1ccn([C@@H]2O[C@H](CO)[C@@H](O)[C@H]2O)c(=O)[nH]1. The Hall–Kier alpha value is -1.33. The predicted molar refractivity (Wildman–Crippen MR) is 67.8 cm³/mol. The van der Waals surface area contributed by atoms with E-state index in [0.29, 0.717) is 0 Å². The van der Waals surface area contributed by atoms with Crippen LogP contribution in [0.25, 0.3) is 0 Å². The number of nitrogens with one attached hydrogen (secondary N) is 1. The number of hydrogen-bond acceptors (Lipinski definition) is 7. The van der Waals surface area contributed by atoms with Crippen LogP contribution in [-0.4, -0.2) is 59.6 Å². The van der Waals surface area contributed by atoms with Crippen molar-refractivity contribution in [1.29, 1.82) is 0 Å². The summed E-state index contributed by atoms with van der Waals surface area (Å²) in [6.45, 7) is -0.479. The number of H-pyrrole nitrogens is 1. The highest BCUT2D eigenvalue weighted by Gasteiger charge is 2.43. The van der Waals surface area contributed by atoms with Gasteiger partial charge in [0, 0.05) is 12.3 Å². The van der Waals surface area contributed by atoms with E-state index in [2.05, 4.69) is 0 Å². The average molecular weight is 326 g/mol. The summed E-state index contributed by atoms with van der Waals surface area (Å²) in [4.78, 5) is 38.6. The van der Waals surface area contributed by atoms with E-state index in [1.165, 1.54) is 0 Å². The number of aromatic amines is 1. The summed E-state index contributed by atoms with van der Waals surface area (Å²) < 4.78 is 14.8. The standard InChI is InChI=1S/C9H12N2O6.H3O3P/c12-3-4-6(14)7(15)8(17-4)11-2-1-5(13)10-9(11)16;1-4(2)3/h1-2,4,6-8,12,14-15H,3H2,(H,10,13,16);4H,(H2,1,2,3)/t4-,6-,7-,8-;/m1./s1. The Kier molecular flexibility index (Phi) is 6.42. The highest BCUT2D eigenvalue weighted by atomic mass is 31.1. The molecule has 1 saturated heterocycles. The molecule has 0 radical (unpaired) electrons. The van der Waals surface area contributed by atoms with Crippen molar-refractivity contribution in [2.45, 2.75) is 24.5 Å². The van der Waals surface area contributed by atoms with Crippen molar-refractivity contribution >= 4 is 8.25 Å². The summed E-state index contributed by atoms with van der Waals surface area (Å²) in [5.41, 5.74) is -1.33. The Morgan fingerprint density at radius 1 is 1.29 bits per heavy atom. The van der Waals surface area contributed by atoms with Crippen molar-refractivity contribution in [1.82, 2.24) is 9.55 Å². The molecule has 0 bridgehead atoms. The second kappa shape index (κ2) is 7.61. The molecule has 0 unspecified atom stereocenters. The summed E-state index contributed by atoms with van der Waals surface area (Å²) in [6.07, 6.45) is -3.58. The number of aliphatic hydroxyl groups is 3. The van der Waals surface area contributed by atoms with Gasteiger partial charge < -0.3 is 29.8 Å². The maximum Gasteiger partial charge on any atom is 0.330 e. The summed E-state index contributed by atoms with van der Waals surface area (Å²) in [5, 5.41) is 28.1. The fourth-order valence-electron chi connectivity index (χ4n) is 1.74. The van der Waals surface area contributed by atoms with E-state index in [4.69, 9.17) is 24.2 Å². The summed E-state index contributed by atoms with van der Waals surface area (Å²) >= 11 is 0. The van der Waals surface area contributed by atoms with Crippen LogP contribution in [-0.2, 0) is 9.30 Å². The summed E-state index contributed by atoms with van der Waals surface area (Å²) in [7, 11) is -3.13.